The molecule has 0 aliphatic carbocycles. The van der Waals surface area contributed by atoms with Gasteiger partial charge >= 0.3 is 6.18 Å². The molecule has 2 aromatic carbocycles. The maximum absolute atomic E-state index is 13.3. The number of fused-ring (bicyclic) bond motifs is 2. The summed E-state index contributed by atoms with van der Waals surface area (Å²) in [6.45, 7) is 3.42. The van der Waals surface area contributed by atoms with Crippen LogP contribution in [0.25, 0.3) is 10.8 Å². The number of benzene rings is 2. The fourth-order valence-electron chi connectivity index (χ4n) is 4.69. The lowest BCUT2D eigenvalue weighted by Gasteiger charge is -2.46. The van der Waals surface area contributed by atoms with Gasteiger partial charge in [-0.1, -0.05) is 18.2 Å². The molecule has 9 heteroatoms. The zero-order valence-corrected chi connectivity index (χ0v) is 16.9. The second kappa shape index (κ2) is 7.35. The van der Waals surface area contributed by atoms with E-state index in [1.807, 2.05) is 12.1 Å². The van der Waals surface area contributed by atoms with Gasteiger partial charge in [-0.05, 0) is 49.2 Å². The quantitative estimate of drug-likeness (QED) is 0.552. The lowest BCUT2D eigenvalue weighted by atomic mass is 9.96. The van der Waals surface area contributed by atoms with Gasteiger partial charge < -0.3 is 21.3 Å². The summed E-state index contributed by atoms with van der Waals surface area (Å²) in [6, 6.07) is 11.2. The molecular formula is C22H23F3N6. The highest BCUT2D eigenvalue weighted by Gasteiger charge is 2.42. The summed E-state index contributed by atoms with van der Waals surface area (Å²) in [5.74, 6) is 0.449. The first-order valence-corrected chi connectivity index (χ1v) is 10.3. The Morgan fingerprint density at radius 2 is 2.10 bits per heavy atom. The number of hydrogen-bond acceptors (Lipinski definition) is 6. The zero-order valence-electron chi connectivity index (χ0n) is 16.9. The molecule has 4 N–H and O–H groups in total. The van der Waals surface area contributed by atoms with E-state index in [2.05, 4.69) is 31.8 Å². The zero-order chi connectivity index (χ0) is 21.8. The molecule has 0 saturated carbocycles. The van der Waals surface area contributed by atoms with Gasteiger partial charge in [-0.3, -0.25) is 0 Å². The van der Waals surface area contributed by atoms with E-state index in [1.165, 1.54) is 13.0 Å². The van der Waals surface area contributed by atoms with Crippen molar-refractivity contribution in [2.75, 3.05) is 23.3 Å². The molecule has 0 bridgehead atoms. The van der Waals surface area contributed by atoms with E-state index in [1.54, 1.807) is 12.3 Å². The van der Waals surface area contributed by atoms with Crippen LogP contribution in [-0.2, 0) is 6.18 Å². The van der Waals surface area contributed by atoms with Gasteiger partial charge in [-0.2, -0.15) is 18.3 Å². The summed E-state index contributed by atoms with van der Waals surface area (Å²) in [7, 11) is 0. The van der Waals surface area contributed by atoms with Crippen LogP contribution in [0.1, 0.15) is 29.3 Å². The average Bonchev–Trinajstić information content (AvgIpc) is 3.08. The van der Waals surface area contributed by atoms with Gasteiger partial charge in [0.2, 0.25) is 0 Å². The van der Waals surface area contributed by atoms with Gasteiger partial charge in [0, 0.05) is 35.1 Å². The van der Waals surface area contributed by atoms with E-state index in [4.69, 9.17) is 5.73 Å². The van der Waals surface area contributed by atoms with E-state index >= 15 is 0 Å². The van der Waals surface area contributed by atoms with Gasteiger partial charge in [-0.25, -0.2) is 0 Å². The van der Waals surface area contributed by atoms with Crippen molar-refractivity contribution in [1.82, 2.24) is 15.5 Å². The summed E-state index contributed by atoms with van der Waals surface area (Å²) in [4.78, 5) is 2.37. The van der Waals surface area contributed by atoms with Gasteiger partial charge in [0.1, 0.15) is 6.17 Å². The highest BCUT2D eigenvalue weighted by atomic mass is 19.4. The van der Waals surface area contributed by atoms with Crippen LogP contribution in [0, 0.1) is 6.92 Å². The first-order chi connectivity index (χ1) is 14.8. The summed E-state index contributed by atoms with van der Waals surface area (Å²) in [6.07, 6.45) is -2.51. The van der Waals surface area contributed by atoms with Crippen molar-refractivity contribution in [2.24, 2.45) is 5.73 Å². The predicted octanol–water partition coefficient (Wildman–Crippen LogP) is 3.58. The third kappa shape index (κ3) is 3.47. The Hall–Kier alpha value is -2.91. The van der Waals surface area contributed by atoms with Crippen molar-refractivity contribution in [3.05, 3.63) is 59.3 Å². The molecular weight excluding hydrogens is 405 g/mol. The standard InChI is InChI=1S/C22H23F3N6/c1-12-15(3-2-4-17(12)22(23,24)25)20(26)29-21-16-9-14(6-5-13(16)10-28-30-21)31-11-18-19(31)7-8-27-18/h2-6,9-10,18-20,27H,7-8,11,26H2,1H3,(H,29,30)/t18-,19-,20-/m0/s1. The number of halogens is 3. The van der Waals surface area contributed by atoms with Crippen molar-refractivity contribution in [2.45, 2.75) is 37.8 Å². The molecule has 2 aliphatic rings. The van der Waals surface area contributed by atoms with Gasteiger partial charge in [0.25, 0.3) is 0 Å². The van der Waals surface area contributed by atoms with Crippen molar-refractivity contribution in [3.63, 3.8) is 0 Å². The molecule has 3 aromatic rings. The first kappa shape index (κ1) is 20.0. The van der Waals surface area contributed by atoms with Crippen molar-refractivity contribution < 1.29 is 13.2 Å². The lowest BCUT2D eigenvalue weighted by molar-refractivity contribution is -0.138. The van der Waals surface area contributed by atoms with Crippen molar-refractivity contribution in [3.8, 4) is 0 Å². The molecule has 6 nitrogen and oxygen atoms in total. The lowest BCUT2D eigenvalue weighted by Crippen LogP contribution is -2.61. The smallest absolute Gasteiger partial charge is 0.365 e. The average molecular weight is 428 g/mol. The minimum absolute atomic E-state index is 0.101. The van der Waals surface area contributed by atoms with E-state index in [9.17, 15) is 13.2 Å². The first-order valence-electron chi connectivity index (χ1n) is 10.3. The van der Waals surface area contributed by atoms with Crippen LogP contribution in [0.2, 0.25) is 0 Å². The Labute approximate surface area is 177 Å². The summed E-state index contributed by atoms with van der Waals surface area (Å²) < 4.78 is 39.9. The van der Waals surface area contributed by atoms with Crippen LogP contribution in [-0.4, -0.2) is 35.4 Å². The topological polar surface area (TPSA) is 79.1 Å². The molecule has 0 radical (unpaired) electrons. The molecule has 162 valence electrons. The normalized spacial score (nSPS) is 21.6. The molecule has 0 spiro atoms. The minimum atomic E-state index is -4.43. The fraction of sp³-hybridized carbons (Fsp3) is 0.364. The highest BCUT2D eigenvalue weighted by Crippen LogP contribution is 2.36. The van der Waals surface area contributed by atoms with Crippen molar-refractivity contribution >= 4 is 22.3 Å². The molecule has 3 atom stereocenters. The number of alkyl halides is 3. The molecule has 2 saturated heterocycles. The Balaban J connectivity index is 1.46. The van der Waals surface area contributed by atoms with E-state index in [0.717, 1.165) is 42.0 Å². The fourth-order valence-corrected chi connectivity index (χ4v) is 4.69. The Kier molecular flexibility index (Phi) is 4.75. The maximum atomic E-state index is 13.3. The monoisotopic (exact) mass is 428 g/mol. The number of anilines is 2. The predicted molar refractivity (Wildman–Crippen MR) is 114 cm³/mol. The van der Waals surface area contributed by atoms with Gasteiger partial charge in [-0.15, -0.1) is 5.10 Å². The van der Waals surface area contributed by atoms with E-state index in [-0.39, 0.29) is 5.56 Å². The third-order valence-electron chi connectivity index (χ3n) is 6.39. The second-order valence-corrected chi connectivity index (χ2v) is 8.17. The second-order valence-electron chi connectivity index (χ2n) is 8.17. The van der Waals surface area contributed by atoms with E-state index in [0.29, 0.717) is 23.5 Å². The van der Waals surface area contributed by atoms with Crippen LogP contribution in [0.4, 0.5) is 24.7 Å². The number of nitrogens with two attached hydrogens (primary N) is 1. The molecule has 2 fully saturated rings. The van der Waals surface area contributed by atoms with E-state index < -0.39 is 17.9 Å². The van der Waals surface area contributed by atoms with Crippen LogP contribution in [0.3, 0.4) is 0 Å². The number of hydrogen-bond donors (Lipinski definition) is 3. The van der Waals surface area contributed by atoms with Crippen LogP contribution < -0.4 is 21.3 Å². The van der Waals surface area contributed by atoms with Crippen molar-refractivity contribution in [1.29, 1.82) is 0 Å². The minimum Gasteiger partial charge on any atom is -0.365 e. The summed E-state index contributed by atoms with van der Waals surface area (Å²) in [5, 5.41) is 16.5. The number of nitrogens with zero attached hydrogens (tertiary/aromatic N) is 3. The van der Waals surface area contributed by atoms with Gasteiger partial charge in [0.05, 0.1) is 11.8 Å². The highest BCUT2D eigenvalue weighted by molar-refractivity contribution is 5.93. The largest absolute Gasteiger partial charge is 0.416 e. The van der Waals surface area contributed by atoms with Crippen LogP contribution in [0.5, 0.6) is 0 Å². The summed E-state index contributed by atoms with van der Waals surface area (Å²) >= 11 is 0. The number of nitrogens with one attached hydrogen (secondary N) is 2. The molecule has 1 aromatic heterocycles. The molecule has 2 aliphatic heterocycles. The molecule has 5 rings (SSSR count). The molecule has 0 unspecified atom stereocenters. The maximum Gasteiger partial charge on any atom is 0.416 e. The number of aromatic nitrogens is 2. The summed E-state index contributed by atoms with van der Waals surface area (Å²) in [5.41, 5.74) is 7.15. The van der Waals surface area contributed by atoms with Gasteiger partial charge in [0.15, 0.2) is 5.82 Å². The Morgan fingerprint density at radius 3 is 2.87 bits per heavy atom. The van der Waals surface area contributed by atoms with Crippen LogP contribution >= 0.6 is 0 Å². The Bertz CT molecular complexity index is 1130. The molecule has 3 heterocycles. The molecule has 31 heavy (non-hydrogen) atoms. The van der Waals surface area contributed by atoms with Crippen LogP contribution in [0.15, 0.2) is 42.6 Å². The number of rotatable bonds is 4. The molecule has 0 amide bonds. The third-order valence-corrected chi connectivity index (χ3v) is 6.39. The Morgan fingerprint density at radius 1 is 1.26 bits per heavy atom. The SMILES string of the molecule is Cc1c([C@@H](N)Nc2nncc3ccc(N4C[C@@H]5NCC[C@@H]54)cc23)cccc1C(F)(F)F.